The summed E-state index contributed by atoms with van der Waals surface area (Å²) in [6.45, 7) is 2.53. The molecular formula is C32H33N3O4. The fraction of sp³-hybridized carbons (Fsp3) is 0.250. The predicted molar refractivity (Wildman–Crippen MR) is 152 cm³/mol. The van der Waals surface area contributed by atoms with Crippen LogP contribution in [-0.2, 0) is 4.79 Å². The average Bonchev–Trinajstić information content (AvgIpc) is 3.48. The summed E-state index contributed by atoms with van der Waals surface area (Å²) in [5.41, 5.74) is 4.20. The summed E-state index contributed by atoms with van der Waals surface area (Å²) in [5, 5.41) is 0. The highest BCUT2D eigenvalue weighted by Gasteiger charge is 2.37. The van der Waals surface area contributed by atoms with Crippen molar-refractivity contribution in [3.05, 3.63) is 108 Å². The Morgan fingerprint density at radius 3 is 2.10 bits per heavy atom. The Morgan fingerprint density at radius 2 is 1.46 bits per heavy atom. The molecule has 0 aliphatic carbocycles. The number of nitrogens with zero attached hydrogens (tertiary/aromatic N) is 3. The summed E-state index contributed by atoms with van der Waals surface area (Å²) in [4.78, 5) is 31.4. The minimum absolute atomic E-state index is 0.0352. The average molecular weight is 524 g/mol. The number of hydrogen-bond acceptors (Lipinski definition) is 4. The van der Waals surface area contributed by atoms with Crippen LogP contribution in [0.3, 0.4) is 0 Å². The molecule has 0 bridgehead atoms. The van der Waals surface area contributed by atoms with Crippen molar-refractivity contribution in [2.75, 3.05) is 32.2 Å². The van der Waals surface area contributed by atoms with E-state index in [0.29, 0.717) is 17.9 Å². The Labute approximate surface area is 229 Å². The first-order valence-corrected chi connectivity index (χ1v) is 13.2. The Bertz CT molecular complexity index is 1440. The number of amides is 2. The van der Waals surface area contributed by atoms with Crippen molar-refractivity contribution in [3.63, 3.8) is 0 Å². The zero-order valence-corrected chi connectivity index (χ0v) is 22.5. The van der Waals surface area contributed by atoms with Crippen LogP contribution < -0.4 is 14.4 Å². The van der Waals surface area contributed by atoms with Gasteiger partial charge in [0.15, 0.2) is 0 Å². The first-order chi connectivity index (χ1) is 19.0. The number of rotatable bonds is 9. The van der Waals surface area contributed by atoms with E-state index in [2.05, 4.69) is 11.5 Å². The molecule has 5 rings (SSSR count). The molecular weight excluding hydrogens is 490 g/mol. The van der Waals surface area contributed by atoms with Crippen molar-refractivity contribution in [1.82, 2.24) is 9.47 Å². The summed E-state index contributed by atoms with van der Waals surface area (Å²) in [5.74, 6) is 1.11. The molecule has 0 saturated heterocycles. The first-order valence-electron chi connectivity index (χ1n) is 13.2. The smallest absolute Gasteiger partial charge is 0.254 e. The highest BCUT2D eigenvalue weighted by molar-refractivity contribution is 6.02. The van der Waals surface area contributed by atoms with E-state index in [0.717, 1.165) is 41.2 Å². The molecule has 7 heteroatoms. The Balaban J connectivity index is 1.53. The van der Waals surface area contributed by atoms with Gasteiger partial charge in [0, 0.05) is 18.3 Å². The van der Waals surface area contributed by atoms with Crippen molar-refractivity contribution in [2.45, 2.75) is 25.8 Å². The van der Waals surface area contributed by atoms with Gasteiger partial charge < -0.3 is 18.9 Å². The molecule has 3 aromatic carbocycles. The minimum atomic E-state index is -0.364. The largest absolute Gasteiger partial charge is 0.497 e. The second kappa shape index (κ2) is 11.5. The third-order valence-corrected chi connectivity index (χ3v) is 7.15. The van der Waals surface area contributed by atoms with E-state index in [4.69, 9.17) is 9.47 Å². The maximum absolute atomic E-state index is 14.3. The highest BCUT2D eigenvalue weighted by Crippen LogP contribution is 2.42. The summed E-state index contributed by atoms with van der Waals surface area (Å²) >= 11 is 0. The van der Waals surface area contributed by atoms with Crippen molar-refractivity contribution in [2.24, 2.45) is 0 Å². The van der Waals surface area contributed by atoms with E-state index in [9.17, 15) is 9.59 Å². The molecule has 1 unspecified atom stereocenters. The number of ether oxygens (including phenoxy) is 2. The van der Waals surface area contributed by atoms with E-state index < -0.39 is 0 Å². The number of anilines is 1. The number of unbranched alkanes of at least 4 members (excludes halogenated alkanes) is 1. The monoisotopic (exact) mass is 523 g/mol. The molecule has 0 N–H and O–H groups in total. The van der Waals surface area contributed by atoms with Crippen LogP contribution in [0, 0.1) is 0 Å². The molecule has 0 spiro atoms. The van der Waals surface area contributed by atoms with Gasteiger partial charge in [0.1, 0.15) is 24.1 Å². The van der Waals surface area contributed by atoms with Gasteiger partial charge in [0.2, 0.25) is 5.91 Å². The Morgan fingerprint density at radius 1 is 0.821 bits per heavy atom. The lowest BCUT2D eigenvalue weighted by Gasteiger charge is -2.39. The molecule has 39 heavy (non-hydrogen) atoms. The molecule has 0 saturated carbocycles. The lowest BCUT2D eigenvalue weighted by Crippen LogP contribution is -2.47. The SMILES string of the molecule is CCCCN(CC(=O)N1c2ccccc2-n2cccc2C1c1ccc(OC)cc1)C(=O)c1ccc(OC)cc1. The molecule has 1 aromatic heterocycles. The van der Waals surface area contributed by atoms with E-state index in [-0.39, 0.29) is 24.4 Å². The number of para-hydroxylation sites is 2. The summed E-state index contributed by atoms with van der Waals surface area (Å²) in [6.07, 6.45) is 3.74. The third-order valence-electron chi connectivity index (χ3n) is 7.15. The second-order valence-corrected chi connectivity index (χ2v) is 9.54. The fourth-order valence-corrected chi connectivity index (χ4v) is 5.12. The first kappa shape index (κ1) is 26.1. The number of fused-ring (bicyclic) bond motifs is 3. The molecule has 0 radical (unpaired) electrons. The standard InChI is InChI=1S/C32H33N3O4/c1-4-5-20-33(32(37)24-14-18-26(39-3)19-15-24)22-30(36)35-28-10-7-6-9-27(28)34-21-8-11-29(34)31(35)23-12-16-25(38-2)17-13-23/h6-19,21,31H,4-5,20,22H2,1-3H3. The van der Waals surface area contributed by atoms with Gasteiger partial charge in [-0.2, -0.15) is 0 Å². The van der Waals surface area contributed by atoms with Crippen molar-refractivity contribution >= 4 is 17.5 Å². The molecule has 1 atom stereocenters. The maximum Gasteiger partial charge on any atom is 0.254 e. The van der Waals surface area contributed by atoms with Gasteiger partial charge >= 0.3 is 0 Å². The van der Waals surface area contributed by atoms with Gasteiger partial charge in [-0.3, -0.25) is 14.5 Å². The molecule has 2 amide bonds. The van der Waals surface area contributed by atoms with Gasteiger partial charge in [-0.15, -0.1) is 0 Å². The second-order valence-electron chi connectivity index (χ2n) is 9.54. The summed E-state index contributed by atoms with van der Waals surface area (Å²) < 4.78 is 12.8. The fourth-order valence-electron chi connectivity index (χ4n) is 5.12. The molecule has 4 aromatic rings. The van der Waals surface area contributed by atoms with E-state index in [1.165, 1.54) is 0 Å². The number of methoxy groups -OCH3 is 2. The van der Waals surface area contributed by atoms with Crippen molar-refractivity contribution in [3.8, 4) is 17.2 Å². The lowest BCUT2D eigenvalue weighted by atomic mass is 9.97. The number of hydrogen-bond donors (Lipinski definition) is 0. The molecule has 0 fully saturated rings. The van der Waals surface area contributed by atoms with E-state index in [1.807, 2.05) is 71.8 Å². The van der Waals surface area contributed by atoms with Gasteiger partial charge in [-0.05, 0) is 72.6 Å². The maximum atomic E-state index is 14.3. The van der Waals surface area contributed by atoms with Gasteiger partial charge in [-0.25, -0.2) is 0 Å². The molecule has 1 aliphatic heterocycles. The summed E-state index contributed by atoms with van der Waals surface area (Å²) in [6, 6.07) is 26.4. The normalized spacial score (nSPS) is 13.8. The number of carbonyl (C=O) groups excluding carboxylic acids is 2. The summed E-state index contributed by atoms with van der Waals surface area (Å²) in [7, 11) is 3.23. The van der Waals surface area contributed by atoms with Crippen LogP contribution in [0.1, 0.15) is 47.4 Å². The van der Waals surface area contributed by atoms with Crippen LogP contribution in [0.25, 0.3) is 5.69 Å². The van der Waals surface area contributed by atoms with Crippen LogP contribution in [0.2, 0.25) is 0 Å². The predicted octanol–water partition coefficient (Wildman–Crippen LogP) is 5.87. The zero-order valence-electron chi connectivity index (χ0n) is 22.5. The number of aromatic nitrogens is 1. The van der Waals surface area contributed by atoms with Crippen LogP contribution in [0.15, 0.2) is 91.1 Å². The quantitative estimate of drug-likeness (QED) is 0.275. The van der Waals surface area contributed by atoms with Gasteiger partial charge in [-0.1, -0.05) is 37.6 Å². The van der Waals surface area contributed by atoms with Crippen LogP contribution in [-0.4, -0.2) is 48.6 Å². The van der Waals surface area contributed by atoms with Gasteiger partial charge in [0.05, 0.1) is 31.3 Å². The molecule has 2 heterocycles. The van der Waals surface area contributed by atoms with Crippen LogP contribution in [0.4, 0.5) is 5.69 Å². The third kappa shape index (κ3) is 5.12. The minimum Gasteiger partial charge on any atom is -0.497 e. The Kier molecular flexibility index (Phi) is 7.68. The lowest BCUT2D eigenvalue weighted by molar-refractivity contribution is -0.119. The van der Waals surface area contributed by atoms with Crippen LogP contribution in [0.5, 0.6) is 11.5 Å². The highest BCUT2D eigenvalue weighted by atomic mass is 16.5. The topological polar surface area (TPSA) is 64.0 Å². The van der Waals surface area contributed by atoms with E-state index in [1.54, 1.807) is 43.4 Å². The number of carbonyl (C=O) groups is 2. The Hall–Kier alpha value is -4.52. The van der Waals surface area contributed by atoms with Crippen LogP contribution >= 0.6 is 0 Å². The molecule has 7 nitrogen and oxygen atoms in total. The van der Waals surface area contributed by atoms with Crippen molar-refractivity contribution < 1.29 is 19.1 Å². The van der Waals surface area contributed by atoms with Gasteiger partial charge in [0.25, 0.3) is 5.91 Å². The molecule has 1 aliphatic rings. The zero-order chi connectivity index (χ0) is 27.4. The van der Waals surface area contributed by atoms with E-state index >= 15 is 0 Å². The van der Waals surface area contributed by atoms with Crippen molar-refractivity contribution in [1.29, 1.82) is 0 Å². The molecule has 200 valence electrons. The number of benzene rings is 3.